The number of halogens is 1. The van der Waals surface area contributed by atoms with Crippen molar-refractivity contribution in [1.29, 1.82) is 0 Å². The number of carbonyl (C=O) groups excluding carboxylic acids is 1. The lowest BCUT2D eigenvalue weighted by molar-refractivity contribution is 0.0916. The highest BCUT2D eigenvalue weighted by atomic mass is 79.9. The predicted octanol–water partition coefficient (Wildman–Crippen LogP) is 2.74. The maximum absolute atomic E-state index is 11.9. The number of ether oxygens (including phenoxy) is 1. The third kappa shape index (κ3) is 2.38. The highest BCUT2D eigenvalue weighted by Crippen LogP contribution is 2.24. The minimum absolute atomic E-state index is 0.0320. The largest absolute Gasteiger partial charge is 0.497 e. The summed E-state index contributed by atoms with van der Waals surface area (Å²) in [5, 5.41) is 3.00. The minimum atomic E-state index is -0.0320. The van der Waals surface area contributed by atoms with E-state index in [-0.39, 0.29) is 5.91 Å². The third-order valence-corrected chi connectivity index (χ3v) is 3.55. The van der Waals surface area contributed by atoms with Crippen LogP contribution in [0.3, 0.4) is 0 Å². The molecule has 0 saturated heterocycles. The molecular formula is C12H14BrNO2. The van der Waals surface area contributed by atoms with Crippen molar-refractivity contribution in [1.82, 2.24) is 5.32 Å². The van der Waals surface area contributed by atoms with Gasteiger partial charge in [-0.1, -0.05) is 0 Å². The van der Waals surface area contributed by atoms with Crippen LogP contribution in [-0.4, -0.2) is 19.1 Å². The highest BCUT2D eigenvalue weighted by molar-refractivity contribution is 9.10. The Morgan fingerprint density at radius 2 is 2.25 bits per heavy atom. The Morgan fingerprint density at radius 3 is 2.81 bits per heavy atom. The van der Waals surface area contributed by atoms with Gasteiger partial charge in [0.1, 0.15) is 5.75 Å². The van der Waals surface area contributed by atoms with Crippen LogP contribution < -0.4 is 10.1 Å². The topological polar surface area (TPSA) is 38.3 Å². The lowest BCUT2D eigenvalue weighted by Crippen LogP contribution is -2.39. The molecule has 0 spiro atoms. The third-order valence-electron chi connectivity index (χ3n) is 2.86. The summed E-state index contributed by atoms with van der Waals surface area (Å²) in [7, 11) is 1.59. The van der Waals surface area contributed by atoms with Crippen LogP contribution in [-0.2, 0) is 0 Å². The quantitative estimate of drug-likeness (QED) is 0.926. The van der Waals surface area contributed by atoms with Crippen molar-refractivity contribution in [2.75, 3.05) is 7.11 Å². The van der Waals surface area contributed by atoms with Gasteiger partial charge >= 0.3 is 0 Å². The summed E-state index contributed by atoms with van der Waals surface area (Å²) < 4.78 is 5.90. The molecule has 0 aromatic heterocycles. The van der Waals surface area contributed by atoms with Gasteiger partial charge in [-0.3, -0.25) is 4.79 Å². The van der Waals surface area contributed by atoms with Crippen LogP contribution >= 0.6 is 15.9 Å². The number of methoxy groups -OCH3 is 1. The van der Waals surface area contributed by atoms with Crippen molar-refractivity contribution in [2.45, 2.75) is 25.3 Å². The first kappa shape index (κ1) is 11.5. The average Bonchev–Trinajstić information content (AvgIpc) is 2.24. The first-order chi connectivity index (χ1) is 7.70. The molecule has 1 aliphatic rings. The maximum Gasteiger partial charge on any atom is 0.252 e. The lowest BCUT2D eigenvalue weighted by Gasteiger charge is -2.26. The van der Waals surface area contributed by atoms with E-state index in [1.807, 2.05) is 12.1 Å². The van der Waals surface area contributed by atoms with E-state index in [0.717, 1.165) is 17.3 Å². The molecule has 86 valence electrons. The number of nitrogens with one attached hydrogen (secondary N) is 1. The second-order valence-electron chi connectivity index (χ2n) is 3.95. The second-order valence-corrected chi connectivity index (χ2v) is 4.80. The zero-order chi connectivity index (χ0) is 11.5. The van der Waals surface area contributed by atoms with Crippen molar-refractivity contribution >= 4 is 21.8 Å². The van der Waals surface area contributed by atoms with Gasteiger partial charge in [0, 0.05) is 10.5 Å². The number of benzene rings is 1. The molecule has 2 rings (SSSR count). The fourth-order valence-electron chi connectivity index (χ4n) is 1.62. The van der Waals surface area contributed by atoms with E-state index < -0.39 is 0 Å². The second kappa shape index (κ2) is 4.87. The van der Waals surface area contributed by atoms with Gasteiger partial charge in [0.25, 0.3) is 5.91 Å². The van der Waals surface area contributed by atoms with Crippen LogP contribution in [0, 0.1) is 0 Å². The Kier molecular flexibility index (Phi) is 3.49. The standard InChI is InChI=1S/C12H14BrNO2/c1-16-9-5-6-11(13)10(7-9)12(15)14-8-3-2-4-8/h5-8H,2-4H2,1H3,(H,14,15). The summed E-state index contributed by atoms with van der Waals surface area (Å²) in [5.74, 6) is 0.664. The molecular weight excluding hydrogens is 270 g/mol. The van der Waals surface area contributed by atoms with E-state index in [1.54, 1.807) is 13.2 Å². The summed E-state index contributed by atoms with van der Waals surface area (Å²) in [4.78, 5) is 11.9. The molecule has 3 nitrogen and oxygen atoms in total. The molecule has 1 fully saturated rings. The molecule has 16 heavy (non-hydrogen) atoms. The fourth-order valence-corrected chi connectivity index (χ4v) is 2.05. The molecule has 1 saturated carbocycles. The minimum Gasteiger partial charge on any atom is -0.497 e. The number of amides is 1. The predicted molar refractivity (Wildman–Crippen MR) is 65.8 cm³/mol. The first-order valence-electron chi connectivity index (χ1n) is 5.35. The van der Waals surface area contributed by atoms with Crippen molar-refractivity contribution in [3.8, 4) is 5.75 Å². The zero-order valence-corrected chi connectivity index (χ0v) is 10.7. The van der Waals surface area contributed by atoms with Gasteiger partial charge in [-0.15, -0.1) is 0 Å². The molecule has 1 aromatic carbocycles. The van der Waals surface area contributed by atoms with Gasteiger partial charge in [-0.2, -0.15) is 0 Å². The molecule has 4 heteroatoms. The van der Waals surface area contributed by atoms with E-state index in [0.29, 0.717) is 17.4 Å². The molecule has 0 bridgehead atoms. The molecule has 1 aromatic rings. The lowest BCUT2D eigenvalue weighted by atomic mass is 9.93. The first-order valence-corrected chi connectivity index (χ1v) is 6.14. The van der Waals surface area contributed by atoms with Crippen molar-refractivity contribution < 1.29 is 9.53 Å². The van der Waals surface area contributed by atoms with E-state index >= 15 is 0 Å². The normalized spacial score (nSPS) is 15.4. The monoisotopic (exact) mass is 283 g/mol. The van der Waals surface area contributed by atoms with Gasteiger partial charge in [0.2, 0.25) is 0 Å². The van der Waals surface area contributed by atoms with E-state index in [2.05, 4.69) is 21.2 Å². The Bertz CT molecular complexity index is 402. The molecule has 0 radical (unpaired) electrons. The molecule has 0 aliphatic heterocycles. The molecule has 1 amide bonds. The summed E-state index contributed by atoms with van der Waals surface area (Å²) in [5.41, 5.74) is 0.631. The molecule has 1 N–H and O–H groups in total. The number of hydrogen-bond donors (Lipinski definition) is 1. The van der Waals surface area contributed by atoms with Gasteiger partial charge in [-0.05, 0) is 53.4 Å². The summed E-state index contributed by atoms with van der Waals surface area (Å²) >= 11 is 3.37. The van der Waals surface area contributed by atoms with Gasteiger partial charge in [-0.25, -0.2) is 0 Å². The maximum atomic E-state index is 11.9. The van der Waals surface area contributed by atoms with E-state index in [9.17, 15) is 4.79 Å². The van der Waals surface area contributed by atoms with Crippen LogP contribution in [0.1, 0.15) is 29.6 Å². The smallest absolute Gasteiger partial charge is 0.252 e. The van der Waals surface area contributed by atoms with E-state index in [4.69, 9.17) is 4.74 Å². The summed E-state index contributed by atoms with van der Waals surface area (Å²) in [6.07, 6.45) is 3.39. The van der Waals surface area contributed by atoms with Crippen LogP contribution in [0.5, 0.6) is 5.75 Å². The molecule has 0 unspecified atom stereocenters. The van der Waals surface area contributed by atoms with Gasteiger partial charge in [0.05, 0.1) is 12.7 Å². The Morgan fingerprint density at radius 1 is 1.50 bits per heavy atom. The Labute approximate surface area is 103 Å². The van der Waals surface area contributed by atoms with Crippen LogP contribution in [0.25, 0.3) is 0 Å². The van der Waals surface area contributed by atoms with Crippen LogP contribution in [0.2, 0.25) is 0 Å². The number of hydrogen-bond acceptors (Lipinski definition) is 2. The Hall–Kier alpha value is -1.03. The average molecular weight is 284 g/mol. The SMILES string of the molecule is COc1ccc(Br)c(C(=O)NC2CCC2)c1. The van der Waals surface area contributed by atoms with Crippen molar-refractivity contribution in [3.63, 3.8) is 0 Å². The highest BCUT2D eigenvalue weighted by Gasteiger charge is 2.21. The molecule has 0 atom stereocenters. The van der Waals surface area contributed by atoms with Gasteiger partial charge < -0.3 is 10.1 Å². The fraction of sp³-hybridized carbons (Fsp3) is 0.417. The van der Waals surface area contributed by atoms with E-state index in [1.165, 1.54) is 6.42 Å². The molecule has 0 heterocycles. The van der Waals surface area contributed by atoms with Gasteiger partial charge in [0.15, 0.2) is 0 Å². The number of carbonyl (C=O) groups is 1. The summed E-state index contributed by atoms with van der Waals surface area (Å²) in [6.45, 7) is 0. The Balaban J connectivity index is 2.13. The van der Waals surface area contributed by atoms with Crippen LogP contribution in [0.15, 0.2) is 22.7 Å². The zero-order valence-electron chi connectivity index (χ0n) is 9.13. The van der Waals surface area contributed by atoms with Crippen molar-refractivity contribution in [2.24, 2.45) is 0 Å². The van der Waals surface area contributed by atoms with Crippen LogP contribution in [0.4, 0.5) is 0 Å². The summed E-state index contributed by atoms with van der Waals surface area (Å²) in [6, 6.07) is 5.75. The van der Waals surface area contributed by atoms with Crippen molar-refractivity contribution in [3.05, 3.63) is 28.2 Å². The molecule has 1 aliphatic carbocycles. The number of rotatable bonds is 3.